The van der Waals surface area contributed by atoms with E-state index in [0.29, 0.717) is 0 Å². The first-order chi connectivity index (χ1) is 5.91. The Morgan fingerprint density at radius 2 is 1.50 bits per heavy atom. The molecular formula is C12H20. The van der Waals surface area contributed by atoms with Crippen molar-refractivity contribution in [2.75, 3.05) is 0 Å². The summed E-state index contributed by atoms with van der Waals surface area (Å²) in [6.45, 7) is 7.29. The van der Waals surface area contributed by atoms with Gasteiger partial charge in [-0.2, -0.15) is 0 Å². The first-order valence-electron chi connectivity index (χ1n) is 4.89. The zero-order chi connectivity index (χ0) is 9.07. The van der Waals surface area contributed by atoms with Gasteiger partial charge in [-0.3, -0.25) is 0 Å². The van der Waals surface area contributed by atoms with Crippen LogP contribution in [0.5, 0.6) is 0 Å². The molecule has 2 radical (unpaired) electrons. The van der Waals surface area contributed by atoms with Crippen LogP contribution in [0, 0.1) is 6.92 Å². The van der Waals surface area contributed by atoms with Gasteiger partial charge < -0.3 is 0 Å². The van der Waals surface area contributed by atoms with Crippen molar-refractivity contribution in [1.82, 2.24) is 0 Å². The average Bonchev–Trinajstić information content (AvgIpc) is 2.10. The highest BCUT2D eigenvalue weighted by atomic mass is 13.9. The summed E-state index contributed by atoms with van der Waals surface area (Å²) < 4.78 is 0. The zero-order valence-electron chi connectivity index (χ0n) is 8.13. The predicted octanol–water partition coefficient (Wildman–Crippen LogP) is 4.17. The van der Waals surface area contributed by atoms with Crippen LogP contribution in [-0.2, 0) is 0 Å². The normalized spacial score (nSPS) is 11.8. The molecule has 0 nitrogen and oxygen atoms in total. The molecule has 0 saturated heterocycles. The molecule has 0 fully saturated rings. The highest BCUT2D eigenvalue weighted by Crippen LogP contribution is 2.05. The number of allylic oxidation sites excluding steroid dienone is 4. The van der Waals surface area contributed by atoms with Crippen LogP contribution in [0.4, 0.5) is 0 Å². The molecule has 12 heavy (non-hydrogen) atoms. The Balaban J connectivity index is 2.91. The van der Waals surface area contributed by atoms with E-state index in [2.05, 4.69) is 19.1 Å². The van der Waals surface area contributed by atoms with E-state index < -0.39 is 0 Å². The summed E-state index contributed by atoms with van der Waals surface area (Å²) in [7, 11) is 0. The van der Waals surface area contributed by atoms with E-state index in [1.807, 2.05) is 6.08 Å². The summed E-state index contributed by atoms with van der Waals surface area (Å²) in [5.74, 6) is 0. The molecule has 0 aliphatic rings. The van der Waals surface area contributed by atoms with Gasteiger partial charge in [-0.15, -0.1) is 0 Å². The van der Waals surface area contributed by atoms with Gasteiger partial charge in [-0.05, 0) is 39.5 Å². The summed E-state index contributed by atoms with van der Waals surface area (Å²) in [5, 5.41) is 0. The Bertz CT molecular complexity index is 104. The molecule has 0 amide bonds. The number of unbranched alkanes of at least 4 members (excludes halogenated alkanes) is 5. The van der Waals surface area contributed by atoms with Crippen LogP contribution in [-0.4, -0.2) is 0 Å². The first-order valence-corrected chi connectivity index (χ1v) is 4.89. The molecule has 0 heteroatoms. The molecule has 0 aliphatic carbocycles. The van der Waals surface area contributed by atoms with Gasteiger partial charge in [0.15, 0.2) is 0 Å². The van der Waals surface area contributed by atoms with E-state index in [1.165, 1.54) is 32.1 Å². The van der Waals surface area contributed by atoms with Crippen LogP contribution >= 0.6 is 0 Å². The molecule has 0 bridgehead atoms. The second-order valence-corrected chi connectivity index (χ2v) is 2.99. The van der Waals surface area contributed by atoms with Crippen molar-refractivity contribution in [3.05, 3.63) is 31.2 Å². The second-order valence-electron chi connectivity index (χ2n) is 2.99. The van der Waals surface area contributed by atoms with Gasteiger partial charge in [0.2, 0.25) is 0 Å². The highest BCUT2D eigenvalue weighted by molar-refractivity contribution is 4.83. The van der Waals surface area contributed by atoms with E-state index >= 15 is 0 Å². The van der Waals surface area contributed by atoms with Gasteiger partial charge in [-0.25, -0.2) is 0 Å². The van der Waals surface area contributed by atoms with Crippen molar-refractivity contribution in [3.8, 4) is 0 Å². The van der Waals surface area contributed by atoms with Crippen LogP contribution in [0.2, 0.25) is 0 Å². The Morgan fingerprint density at radius 1 is 0.917 bits per heavy atom. The lowest BCUT2D eigenvalue weighted by Gasteiger charge is -1.95. The summed E-state index contributed by atoms with van der Waals surface area (Å²) >= 11 is 0. The number of rotatable bonds is 7. The number of hydrogen-bond donors (Lipinski definition) is 0. The van der Waals surface area contributed by atoms with Gasteiger partial charge in [-0.1, -0.05) is 37.1 Å². The fraction of sp³-hybridized carbons (Fsp3) is 0.583. The van der Waals surface area contributed by atoms with Gasteiger partial charge in [0.1, 0.15) is 0 Å². The summed E-state index contributed by atoms with van der Waals surface area (Å²) in [4.78, 5) is 0. The van der Waals surface area contributed by atoms with E-state index in [9.17, 15) is 0 Å². The zero-order valence-corrected chi connectivity index (χ0v) is 8.13. The van der Waals surface area contributed by atoms with Gasteiger partial charge >= 0.3 is 0 Å². The predicted molar refractivity (Wildman–Crippen MR) is 56.0 cm³/mol. The smallest absolute Gasteiger partial charge is 0.00958 e. The SMILES string of the molecule is [CH]C=CCCCCCCC=CC. The summed E-state index contributed by atoms with van der Waals surface area (Å²) in [6.07, 6.45) is 15.7. The van der Waals surface area contributed by atoms with Crippen LogP contribution in [0.1, 0.15) is 45.4 Å². The lowest BCUT2D eigenvalue weighted by atomic mass is 10.1. The molecular weight excluding hydrogens is 144 g/mol. The second kappa shape index (κ2) is 10.5. The average molecular weight is 164 g/mol. The van der Waals surface area contributed by atoms with Gasteiger partial charge in [0, 0.05) is 0 Å². The molecule has 0 aromatic carbocycles. The van der Waals surface area contributed by atoms with Crippen LogP contribution < -0.4 is 0 Å². The monoisotopic (exact) mass is 164 g/mol. The maximum Gasteiger partial charge on any atom is -0.00958 e. The molecule has 0 rings (SSSR count). The number of hydrogen-bond acceptors (Lipinski definition) is 0. The minimum atomic E-state index is 1.14. The fourth-order valence-corrected chi connectivity index (χ4v) is 1.14. The topological polar surface area (TPSA) is 0 Å². The fourth-order valence-electron chi connectivity index (χ4n) is 1.14. The van der Waals surface area contributed by atoms with Gasteiger partial charge in [0.05, 0.1) is 0 Å². The van der Waals surface area contributed by atoms with Crippen LogP contribution in [0.15, 0.2) is 24.3 Å². The minimum Gasteiger partial charge on any atom is -0.0917 e. The van der Waals surface area contributed by atoms with E-state index in [1.54, 1.807) is 6.08 Å². The Labute approximate surface area is 77.4 Å². The summed E-state index contributed by atoms with van der Waals surface area (Å²) in [6, 6.07) is 0. The van der Waals surface area contributed by atoms with Crippen LogP contribution in [0.3, 0.4) is 0 Å². The van der Waals surface area contributed by atoms with Crippen molar-refractivity contribution >= 4 is 0 Å². The Hall–Kier alpha value is -0.520. The Kier molecular flexibility index (Phi) is 10.0. The summed E-state index contributed by atoms with van der Waals surface area (Å²) in [5.41, 5.74) is 0. The maximum atomic E-state index is 5.22. The lowest BCUT2D eigenvalue weighted by Crippen LogP contribution is -1.76. The quantitative estimate of drug-likeness (QED) is 0.391. The third kappa shape index (κ3) is 9.48. The van der Waals surface area contributed by atoms with Crippen molar-refractivity contribution in [2.45, 2.75) is 45.4 Å². The standard InChI is InChI=1S/C12H20/c1-3-5-7-9-11-12-10-8-6-4-2/h1,3-6H,7-12H2,2H3. The first kappa shape index (κ1) is 11.5. The minimum absolute atomic E-state index is 1.14. The van der Waals surface area contributed by atoms with Crippen molar-refractivity contribution in [2.24, 2.45) is 0 Å². The van der Waals surface area contributed by atoms with E-state index in [4.69, 9.17) is 6.92 Å². The van der Waals surface area contributed by atoms with Crippen molar-refractivity contribution in [3.63, 3.8) is 0 Å². The molecule has 0 heterocycles. The largest absolute Gasteiger partial charge is 0.0917 e. The molecule has 0 aromatic heterocycles. The molecule has 0 atom stereocenters. The van der Waals surface area contributed by atoms with E-state index in [-0.39, 0.29) is 0 Å². The lowest BCUT2D eigenvalue weighted by molar-refractivity contribution is 0.652. The van der Waals surface area contributed by atoms with Crippen molar-refractivity contribution in [1.29, 1.82) is 0 Å². The third-order valence-corrected chi connectivity index (χ3v) is 1.86. The molecule has 0 N–H and O–H groups in total. The Morgan fingerprint density at radius 3 is 2.00 bits per heavy atom. The molecule has 68 valence electrons. The third-order valence-electron chi connectivity index (χ3n) is 1.86. The highest BCUT2D eigenvalue weighted by Gasteiger charge is 1.86. The van der Waals surface area contributed by atoms with Gasteiger partial charge in [0.25, 0.3) is 0 Å². The van der Waals surface area contributed by atoms with Crippen LogP contribution in [0.25, 0.3) is 0 Å². The molecule has 0 spiro atoms. The molecule has 0 aromatic rings. The van der Waals surface area contributed by atoms with Crippen molar-refractivity contribution < 1.29 is 0 Å². The molecule has 0 saturated carbocycles. The molecule has 0 aliphatic heterocycles. The van der Waals surface area contributed by atoms with E-state index in [0.717, 1.165) is 6.42 Å². The maximum absolute atomic E-state index is 5.22. The molecule has 0 unspecified atom stereocenters.